The summed E-state index contributed by atoms with van der Waals surface area (Å²) in [6, 6.07) is 7.80. The van der Waals surface area contributed by atoms with Gasteiger partial charge in [-0.15, -0.1) is 0 Å². The van der Waals surface area contributed by atoms with Gasteiger partial charge in [0.2, 0.25) is 11.8 Å². The van der Waals surface area contributed by atoms with Gasteiger partial charge < -0.3 is 19.3 Å². The molecule has 0 N–H and O–H groups in total. The van der Waals surface area contributed by atoms with Gasteiger partial charge in [-0.3, -0.25) is 14.5 Å². The maximum Gasteiger partial charge on any atom is 0.236 e. The van der Waals surface area contributed by atoms with Crippen molar-refractivity contribution in [3.8, 4) is 5.75 Å². The summed E-state index contributed by atoms with van der Waals surface area (Å²) >= 11 is 0. The number of benzene rings is 1. The summed E-state index contributed by atoms with van der Waals surface area (Å²) in [7, 11) is 1.65. The molecule has 2 heterocycles. The number of para-hydroxylation sites is 1. The lowest BCUT2D eigenvalue weighted by Gasteiger charge is -2.36. The number of ether oxygens (including phenoxy) is 2. The Bertz CT molecular complexity index is 638. The van der Waals surface area contributed by atoms with Crippen LogP contribution in [-0.4, -0.2) is 92.7 Å². The summed E-state index contributed by atoms with van der Waals surface area (Å²) in [6.07, 6.45) is 1.13. The predicted octanol–water partition coefficient (Wildman–Crippen LogP) is 0.631. The summed E-state index contributed by atoms with van der Waals surface area (Å²) in [5.74, 6) is 1.11. The fourth-order valence-corrected chi connectivity index (χ4v) is 3.57. The Hall–Kier alpha value is -2.12. The Morgan fingerprint density at radius 2 is 1.59 bits per heavy atom. The van der Waals surface area contributed by atoms with E-state index in [1.165, 1.54) is 0 Å². The Morgan fingerprint density at radius 1 is 0.963 bits per heavy atom. The number of methoxy groups -OCH3 is 1. The third-order valence-corrected chi connectivity index (χ3v) is 5.25. The number of hydrogen-bond donors (Lipinski definition) is 0. The molecule has 148 valence electrons. The highest BCUT2D eigenvalue weighted by atomic mass is 16.5. The minimum Gasteiger partial charge on any atom is -0.496 e. The number of hydrogen-bond acceptors (Lipinski definition) is 5. The van der Waals surface area contributed by atoms with Crippen molar-refractivity contribution in [1.29, 1.82) is 0 Å². The lowest BCUT2D eigenvalue weighted by molar-refractivity contribution is -0.140. The normalized spacial score (nSPS) is 18.4. The molecule has 0 spiro atoms. The van der Waals surface area contributed by atoms with Gasteiger partial charge >= 0.3 is 0 Å². The van der Waals surface area contributed by atoms with Crippen LogP contribution >= 0.6 is 0 Å². The zero-order valence-corrected chi connectivity index (χ0v) is 16.1. The molecule has 0 radical (unpaired) electrons. The van der Waals surface area contributed by atoms with Crippen molar-refractivity contribution in [3.05, 3.63) is 29.8 Å². The minimum absolute atomic E-state index is 0.140. The quantitative estimate of drug-likeness (QED) is 0.730. The molecule has 2 aliphatic rings. The van der Waals surface area contributed by atoms with Crippen LogP contribution in [0.25, 0.3) is 0 Å². The molecule has 0 unspecified atom stereocenters. The number of carbonyl (C=O) groups is 2. The molecule has 0 aliphatic carbocycles. The number of morpholine rings is 1. The molecule has 2 saturated heterocycles. The fourth-order valence-electron chi connectivity index (χ4n) is 3.57. The van der Waals surface area contributed by atoms with Crippen molar-refractivity contribution in [3.63, 3.8) is 0 Å². The maximum atomic E-state index is 12.5. The highest BCUT2D eigenvalue weighted by Gasteiger charge is 2.25. The summed E-state index contributed by atoms with van der Waals surface area (Å²) < 4.78 is 10.7. The van der Waals surface area contributed by atoms with Crippen molar-refractivity contribution >= 4 is 11.8 Å². The average Bonchev–Trinajstić information content (AvgIpc) is 2.73. The summed E-state index contributed by atoms with van der Waals surface area (Å²) in [5, 5.41) is 0. The van der Waals surface area contributed by atoms with Crippen molar-refractivity contribution in [2.24, 2.45) is 0 Å². The largest absolute Gasteiger partial charge is 0.496 e. The Balaban J connectivity index is 1.41. The van der Waals surface area contributed by atoms with E-state index < -0.39 is 0 Å². The molecule has 0 saturated carbocycles. The van der Waals surface area contributed by atoms with Gasteiger partial charge in [0, 0.05) is 45.7 Å². The number of aryl methyl sites for hydroxylation is 1. The van der Waals surface area contributed by atoms with Gasteiger partial charge in [0.05, 0.1) is 26.9 Å². The lowest BCUT2D eigenvalue weighted by Crippen LogP contribution is -2.53. The van der Waals surface area contributed by atoms with E-state index in [2.05, 4.69) is 4.90 Å². The monoisotopic (exact) mass is 375 g/mol. The lowest BCUT2D eigenvalue weighted by atomic mass is 10.1. The van der Waals surface area contributed by atoms with E-state index in [4.69, 9.17) is 9.47 Å². The maximum absolute atomic E-state index is 12.5. The van der Waals surface area contributed by atoms with Crippen LogP contribution in [0, 0.1) is 0 Å². The third-order valence-electron chi connectivity index (χ3n) is 5.25. The molecule has 3 rings (SSSR count). The molecule has 1 aromatic rings. The van der Waals surface area contributed by atoms with Gasteiger partial charge in [0.25, 0.3) is 0 Å². The Labute approximate surface area is 160 Å². The second-order valence-electron chi connectivity index (χ2n) is 6.96. The van der Waals surface area contributed by atoms with Crippen LogP contribution in [0.15, 0.2) is 24.3 Å². The van der Waals surface area contributed by atoms with E-state index in [1.807, 2.05) is 34.1 Å². The van der Waals surface area contributed by atoms with E-state index in [9.17, 15) is 9.59 Å². The topological polar surface area (TPSA) is 62.3 Å². The first-order valence-electron chi connectivity index (χ1n) is 9.65. The summed E-state index contributed by atoms with van der Waals surface area (Å²) in [4.78, 5) is 30.9. The molecule has 0 bridgehead atoms. The molecule has 2 aliphatic heterocycles. The first-order valence-corrected chi connectivity index (χ1v) is 9.65. The number of rotatable bonds is 6. The van der Waals surface area contributed by atoms with Crippen molar-refractivity contribution in [1.82, 2.24) is 14.7 Å². The molecular weight excluding hydrogens is 346 g/mol. The number of piperazine rings is 1. The number of nitrogens with zero attached hydrogens (tertiary/aromatic N) is 3. The molecule has 0 atom stereocenters. The van der Waals surface area contributed by atoms with Crippen LogP contribution in [0.1, 0.15) is 12.0 Å². The van der Waals surface area contributed by atoms with Crippen LogP contribution in [0.3, 0.4) is 0 Å². The third kappa shape index (κ3) is 5.43. The van der Waals surface area contributed by atoms with E-state index in [1.54, 1.807) is 7.11 Å². The molecule has 1 aromatic carbocycles. The summed E-state index contributed by atoms with van der Waals surface area (Å²) in [6.45, 7) is 5.92. The minimum atomic E-state index is 0.140. The van der Waals surface area contributed by atoms with Gasteiger partial charge in [-0.25, -0.2) is 0 Å². The second kappa shape index (κ2) is 9.71. The smallest absolute Gasteiger partial charge is 0.236 e. The molecule has 7 nitrogen and oxygen atoms in total. The molecule has 2 fully saturated rings. The van der Waals surface area contributed by atoms with Crippen LogP contribution in [-0.2, 0) is 20.7 Å². The molecule has 2 amide bonds. The van der Waals surface area contributed by atoms with Crippen LogP contribution < -0.4 is 4.74 Å². The van der Waals surface area contributed by atoms with Crippen molar-refractivity contribution < 1.29 is 19.1 Å². The highest BCUT2D eigenvalue weighted by Crippen LogP contribution is 2.19. The molecular formula is C20H29N3O4. The van der Waals surface area contributed by atoms with Crippen LogP contribution in [0.2, 0.25) is 0 Å². The van der Waals surface area contributed by atoms with Gasteiger partial charge in [-0.2, -0.15) is 0 Å². The number of carbonyl (C=O) groups excluding carboxylic acids is 2. The molecule has 7 heteroatoms. The van der Waals surface area contributed by atoms with Crippen molar-refractivity contribution in [2.45, 2.75) is 12.8 Å². The van der Waals surface area contributed by atoms with E-state index in [0.717, 1.165) is 24.4 Å². The summed E-state index contributed by atoms with van der Waals surface area (Å²) in [5.41, 5.74) is 1.05. The first-order chi connectivity index (χ1) is 13.2. The number of amides is 2. The second-order valence-corrected chi connectivity index (χ2v) is 6.96. The van der Waals surface area contributed by atoms with Crippen molar-refractivity contribution in [2.75, 3.05) is 66.1 Å². The standard InChI is InChI=1S/C20H29N3O4/c1-26-18-5-3-2-4-17(18)6-7-19(24)22-8-10-23(11-9-22)20(25)16-21-12-14-27-15-13-21/h2-5H,6-16H2,1H3. The van der Waals surface area contributed by atoms with Gasteiger partial charge in [-0.1, -0.05) is 18.2 Å². The SMILES string of the molecule is COc1ccccc1CCC(=O)N1CCN(C(=O)CN2CCOCC2)CC1. The molecule has 0 aromatic heterocycles. The van der Waals surface area contributed by atoms with E-state index >= 15 is 0 Å². The van der Waals surface area contributed by atoms with Gasteiger partial charge in [-0.05, 0) is 18.1 Å². The highest BCUT2D eigenvalue weighted by molar-refractivity contribution is 5.80. The zero-order valence-electron chi connectivity index (χ0n) is 16.1. The van der Waals surface area contributed by atoms with E-state index in [-0.39, 0.29) is 11.8 Å². The average molecular weight is 375 g/mol. The van der Waals surface area contributed by atoms with Gasteiger partial charge in [0.15, 0.2) is 0 Å². The van der Waals surface area contributed by atoms with Crippen LogP contribution in [0.5, 0.6) is 5.75 Å². The van der Waals surface area contributed by atoms with Crippen LogP contribution in [0.4, 0.5) is 0 Å². The Kier molecular flexibility index (Phi) is 7.06. The fraction of sp³-hybridized carbons (Fsp3) is 0.600. The Morgan fingerprint density at radius 3 is 2.26 bits per heavy atom. The zero-order chi connectivity index (χ0) is 19.1. The predicted molar refractivity (Wildman–Crippen MR) is 102 cm³/mol. The van der Waals surface area contributed by atoms with E-state index in [0.29, 0.717) is 58.8 Å². The first kappa shape index (κ1) is 19.6. The molecule has 27 heavy (non-hydrogen) atoms. The van der Waals surface area contributed by atoms with Gasteiger partial charge in [0.1, 0.15) is 5.75 Å².